The first-order valence-corrected chi connectivity index (χ1v) is 12.5. The number of sulfonamides is 1. The normalized spacial score (nSPS) is 18.1. The maximum Gasteiger partial charge on any atom is 0.243 e. The molecule has 2 aliphatic heterocycles. The van der Waals surface area contributed by atoms with Crippen molar-refractivity contribution in [2.75, 3.05) is 32.8 Å². The molecule has 6 nitrogen and oxygen atoms in total. The van der Waals surface area contributed by atoms with Gasteiger partial charge in [-0.25, -0.2) is 8.42 Å². The van der Waals surface area contributed by atoms with Crippen molar-refractivity contribution in [1.82, 2.24) is 9.21 Å². The first-order chi connectivity index (χ1) is 13.9. The number of thiophene rings is 1. The second kappa shape index (κ2) is 8.63. The van der Waals surface area contributed by atoms with Gasteiger partial charge in [0.1, 0.15) is 5.75 Å². The average molecular weight is 437 g/mol. The highest BCUT2D eigenvalue weighted by Crippen LogP contribution is 2.35. The number of nitrogens with zero attached hydrogens (tertiary/aromatic N) is 2. The van der Waals surface area contributed by atoms with Crippen molar-refractivity contribution in [3.8, 4) is 10.8 Å². The number of phenolic OH excluding ortho intramolecular Hbond substituents is 1. The van der Waals surface area contributed by atoms with Crippen molar-refractivity contribution in [2.45, 2.75) is 44.0 Å². The van der Waals surface area contributed by atoms with E-state index in [9.17, 15) is 13.5 Å². The third-order valence-corrected chi connectivity index (χ3v) is 8.62. The third kappa shape index (κ3) is 4.60. The van der Waals surface area contributed by atoms with Crippen LogP contribution >= 0.6 is 11.3 Å². The molecule has 0 spiro atoms. The Morgan fingerprint density at radius 2 is 1.97 bits per heavy atom. The summed E-state index contributed by atoms with van der Waals surface area (Å²) in [4.78, 5) is 3.67. The topological polar surface area (TPSA) is 70.1 Å². The van der Waals surface area contributed by atoms with E-state index < -0.39 is 10.0 Å². The smallest absolute Gasteiger partial charge is 0.243 e. The van der Waals surface area contributed by atoms with Gasteiger partial charge < -0.3 is 14.7 Å². The molecule has 4 rings (SSSR count). The van der Waals surface area contributed by atoms with Crippen LogP contribution in [0, 0.1) is 6.92 Å². The Hall–Kier alpha value is -1.61. The minimum Gasteiger partial charge on any atom is -0.508 e. The highest BCUT2D eigenvalue weighted by molar-refractivity contribution is 7.89. The van der Waals surface area contributed by atoms with Crippen LogP contribution in [-0.4, -0.2) is 55.5 Å². The molecule has 0 radical (unpaired) electrons. The van der Waals surface area contributed by atoms with Crippen molar-refractivity contribution >= 4 is 21.4 Å². The van der Waals surface area contributed by atoms with Crippen LogP contribution in [0.15, 0.2) is 29.2 Å². The van der Waals surface area contributed by atoms with Crippen LogP contribution in [0.25, 0.3) is 0 Å². The Labute approximate surface area is 176 Å². The summed E-state index contributed by atoms with van der Waals surface area (Å²) in [5.74, 6) is 0.00418. The number of ether oxygens (including phenoxy) is 1. The number of aryl methyl sites for hydroxylation is 1. The molecule has 2 aromatic rings. The molecule has 1 fully saturated rings. The van der Waals surface area contributed by atoms with Gasteiger partial charge in [0.15, 0.2) is 5.06 Å². The number of hydrogen-bond acceptors (Lipinski definition) is 6. The summed E-state index contributed by atoms with van der Waals surface area (Å²) in [5.41, 5.74) is 1.84. The van der Waals surface area contributed by atoms with E-state index in [1.54, 1.807) is 30.4 Å². The van der Waals surface area contributed by atoms with Crippen molar-refractivity contribution < 1.29 is 18.3 Å². The van der Waals surface area contributed by atoms with E-state index >= 15 is 0 Å². The van der Waals surface area contributed by atoms with Gasteiger partial charge in [-0.3, -0.25) is 0 Å². The third-order valence-electron chi connectivity index (χ3n) is 5.70. The molecule has 1 aromatic carbocycles. The number of aromatic hydroxyl groups is 1. The van der Waals surface area contributed by atoms with Crippen molar-refractivity contribution in [2.24, 2.45) is 0 Å². The summed E-state index contributed by atoms with van der Waals surface area (Å²) < 4.78 is 33.4. The van der Waals surface area contributed by atoms with Gasteiger partial charge in [-0.1, -0.05) is 6.07 Å². The van der Waals surface area contributed by atoms with Crippen molar-refractivity contribution in [3.63, 3.8) is 0 Å². The fourth-order valence-corrected chi connectivity index (χ4v) is 6.52. The summed E-state index contributed by atoms with van der Waals surface area (Å²) in [7, 11) is -3.63. The van der Waals surface area contributed by atoms with Gasteiger partial charge >= 0.3 is 0 Å². The Morgan fingerprint density at radius 1 is 1.17 bits per heavy atom. The first kappa shape index (κ1) is 20.7. The largest absolute Gasteiger partial charge is 0.508 e. The summed E-state index contributed by atoms with van der Waals surface area (Å²) in [6.07, 6.45) is 4.31. The fourth-order valence-electron chi connectivity index (χ4n) is 3.91. The van der Waals surface area contributed by atoms with E-state index in [4.69, 9.17) is 4.74 Å². The summed E-state index contributed by atoms with van der Waals surface area (Å²) >= 11 is 1.55. The lowest BCUT2D eigenvalue weighted by Gasteiger charge is -2.26. The average Bonchev–Trinajstić information content (AvgIpc) is 3.35. The zero-order chi connectivity index (χ0) is 20.4. The molecule has 0 unspecified atom stereocenters. The molecule has 0 bridgehead atoms. The van der Waals surface area contributed by atoms with Gasteiger partial charge in [0.05, 0.1) is 11.5 Å². The van der Waals surface area contributed by atoms with Gasteiger partial charge in [0, 0.05) is 30.6 Å². The van der Waals surface area contributed by atoms with Crippen LogP contribution in [0.1, 0.15) is 35.3 Å². The molecule has 1 N–H and O–H groups in total. The van der Waals surface area contributed by atoms with Crippen molar-refractivity contribution in [3.05, 3.63) is 40.3 Å². The maximum atomic E-state index is 13.0. The minimum atomic E-state index is -3.63. The second-order valence-corrected chi connectivity index (χ2v) is 10.8. The van der Waals surface area contributed by atoms with Crippen molar-refractivity contribution in [1.29, 1.82) is 0 Å². The van der Waals surface area contributed by atoms with Gasteiger partial charge in [-0.2, -0.15) is 4.31 Å². The molecule has 0 amide bonds. The van der Waals surface area contributed by atoms with Gasteiger partial charge in [-0.15, -0.1) is 11.3 Å². The lowest BCUT2D eigenvalue weighted by Crippen LogP contribution is -2.35. The Morgan fingerprint density at radius 3 is 2.72 bits per heavy atom. The molecule has 158 valence electrons. The lowest BCUT2D eigenvalue weighted by molar-refractivity contribution is 0.268. The van der Waals surface area contributed by atoms with Gasteiger partial charge in [-0.05, 0) is 69.0 Å². The summed E-state index contributed by atoms with van der Waals surface area (Å²) in [6.45, 7) is 6.73. The number of benzene rings is 1. The zero-order valence-corrected chi connectivity index (χ0v) is 18.4. The quantitative estimate of drug-likeness (QED) is 0.674. The predicted molar refractivity (Wildman–Crippen MR) is 114 cm³/mol. The molecule has 0 aliphatic carbocycles. The fraction of sp³-hybridized carbons (Fsp3) is 0.524. The summed E-state index contributed by atoms with van der Waals surface area (Å²) in [5, 5.41) is 10.8. The molecule has 2 aliphatic rings. The van der Waals surface area contributed by atoms with E-state index in [0.717, 1.165) is 22.9 Å². The van der Waals surface area contributed by atoms with E-state index in [2.05, 4.69) is 11.0 Å². The molecule has 1 saturated heterocycles. The molecule has 0 saturated carbocycles. The van der Waals surface area contributed by atoms with E-state index in [0.29, 0.717) is 31.7 Å². The minimum absolute atomic E-state index is 0.00418. The Kier molecular flexibility index (Phi) is 6.15. The number of rotatable bonds is 7. The maximum absolute atomic E-state index is 13.0. The standard InChI is InChI=1S/C21H28N2O4S2/c1-16-5-6-18(14-19(16)24)29(25,26)23-11-7-17-13-21(28-20(17)15-23)27-12-4-10-22-8-2-3-9-22/h5-6,13-14,24H,2-4,7-12,15H2,1H3. The van der Waals surface area contributed by atoms with Crippen LogP contribution < -0.4 is 4.74 Å². The first-order valence-electron chi connectivity index (χ1n) is 10.2. The molecule has 0 atom stereocenters. The van der Waals surface area contributed by atoms with E-state index in [1.807, 2.05) is 0 Å². The Balaban J connectivity index is 1.37. The van der Waals surface area contributed by atoms with Crippen LogP contribution in [0.5, 0.6) is 10.8 Å². The number of fused-ring (bicyclic) bond motifs is 1. The Bertz CT molecular complexity index is 965. The molecule has 1 aromatic heterocycles. The van der Waals surface area contributed by atoms with Crippen LogP contribution in [0.4, 0.5) is 0 Å². The molecular formula is C21H28N2O4S2. The van der Waals surface area contributed by atoms with Crippen LogP contribution in [0.3, 0.4) is 0 Å². The number of hydrogen-bond donors (Lipinski definition) is 1. The number of likely N-dealkylation sites (tertiary alicyclic amines) is 1. The number of phenols is 1. The molecule has 3 heterocycles. The zero-order valence-electron chi connectivity index (χ0n) is 16.8. The molecule has 8 heteroatoms. The van der Waals surface area contributed by atoms with Gasteiger partial charge in [0.25, 0.3) is 0 Å². The second-order valence-electron chi connectivity index (χ2n) is 7.80. The highest BCUT2D eigenvalue weighted by Gasteiger charge is 2.30. The van der Waals surface area contributed by atoms with E-state index in [-0.39, 0.29) is 10.6 Å². The monoisotopic (exact) mass is 436 g/mol. The van der Waals surface area contributed by atoms with Gasteiger partial charge in [0.2, 0.25) is 10.0 Å². The van der Waals surface area contributed by atoms with Crippen LogP contribution in [-0.2, 0) is 23.0 Å². The molecular weight excluding hydrogens is 408 g/mol. The SMILES string of the molecule is Cc1ccc(S(=O)(=O)N2CCc3cc(OCCCN4CCCC4)sc3C2)cc1O. The summed E-state index contributed by atoms with van der Waals surface area (Å²) in [6, 6.07) is 6.60. The highest BCUT2D eigenvalue weighted by atomic mass is 32.2. The lowest BCUT2D eigenvalue weighted by atomic mass is 10.1. The van der Waals surface area contributed by atoms with E-state index in [1.165, 1.54) is 41.9 Å². The molecule has 29 heavy (non-hydrogen) atoms. The van der Waals surface area contributed by atoms with Crippen LogP contribution in [0.2, 0.25) is 0 Å². The predicted octanol–water partition coefficient (Wildman–Crippen LogP) is 3.37.